The fourth-order valence-corrected chi connectivity index (χ4v) is 2.88. The predicted molar refractivity (Wildman–Crippen MR) is 119 cm³/mol. The minimum Gasteiger partial charge on any atom is -0.396 e. The summed E-state index contributed by atoms with van der Waals surface area (Å²) in [5, 5.41) is 16.1. The van der Waals surface area contributed by atoms with Gasteiger partial charge < -0.3 is 15.7 Å². The first kappa shape index (κ1) is 24.2. The summed E-state index contributed by atoms with van der Waals surface area (Å²) in [6.07, 6.45) is 2.88. The van der Waals surface area contributed by atoms with Crippen molar-refractivity contribution in [2.24, 2.45) is 10.4 Å². The molecule has 1 atom stereocenters. The van der Waals surface area contributed by atoms with Crippen molar-refractivity contribution in [3.8, 4) is 0 Å². The van der Waals surface area contributed by atoms with E-state index in [0.29, 0.717) is 5.92 Å². The Balaban J connectivity index is 0.00000576. The van der Waals surface area contributed by atoms with Crippen LogP contribution in [0.4, 0.5) is 0 Å². The van der Waals surface area contributed by atoms with E-state index in [0.717, 1.165) is 44.9 Å². The van der Waals surface area contributed by atoms with Crippen molar-refractivity contribution in [3.05, 3.63) is 35.9 Å². The molecule has 0 aromatic heterocycles. The van der Waals surface area contributed by atoms with Crippen molar-refractivity contribution in [2.45, 2.75) is 52.9 Å². The van der Waals surface area contributed by atoms with Gasteiger partial charge in [0.1, 0.15) is 0 Å². The number of nitrogens with zero attached hydrogens (tertiary/aromatic N) is 1. The summed E-state index contributed by atoms with van der Waals surface area (Å²) in [4.78, 5) is 4.80. The number of aliphatic imine (C=N–C) groups is 1. The standard InChI is InChI=1S/C20H35N3O.HI/c1-5-20(6-2,13-14-24)16-23-19(21-7-3)22-15-17(4)18-11-9-8-10-12-18;/h8-12,17,24H,5-7,13-16H2,1-4H3,(H2,21,22,23);1H. The summed E-state index contributed by atoms with van der Waals surface area (Å²) in [5.74, 6) is 1.29. The van der Waals surface area contributed by atoms with Gasteiger partial charge in [-0.25, -0.2) is 0 Å². The molecule has 1 rings (SSSR count). The maximum absolute atomic E-state index is 9.36. The number of nitrogens with one attached hydrogen (secondary N) is 2. The Labute approximate surface area is 170 Å². The topological polar surface area (TPSA) is 56.7 Å². The lowest BCUT2D eigenvalue weighted by Crippen LogP contribution is -2.40. The molecule has 5 heteroatoms. The van der Waals surface area contributed by atoms with Crippen LogP contribution in [0.25, 0.3) is 0 Å². The molecule has 3 N–H and O–H groups in total. The molecule has 144 valence electrons. The maximum Gasteiger partial charge on any atom is 0.191 e. The molecule has 0 aliphatic heterocycles. The Morgan fingerprint density at radius 2 is 1.76 bits per heavy atom. The van der Waals surface area contributed by atoms with Crippen LogP contribution in [0.3, 0.4) is 0 Å². The third-order valence-electron chi connectivity index (χ3n) is 5.00. The van der Waals surface area contributed by atoms with E-state index < -0.39 is 0 Å². The zero-order valence-corrected chi connectivity index (χ0v) is 18.5. The molecule has 0 heterocycles. The zero-order chi connectivity index (χ0) is 17.8. The smallest absolute Gasteiger partial charge is 0.191 e. The van der Waals surface area contributed by atoms with Gasteiger partial charge in [-0.1, -0.05) is 51.1 Å². The van der Waals surface area contributed by atoms with E-state index in [1.54, 1.807) is 0 Å². The van der Waals surface area contributed by atoms with E-state index in [1.165, 1.54) is 5.56 Å². The molecule has 1 aromatic rings. The molecule has 0 spiro atoms. The molecule has 0 aliphatic rings. The van der Waals surface area contributed by atoms with Crippen molar-refractivity contribution in [1.29, 1.82) is 0 Å². The van der Waals surface area contributed by atoms with Crippen LogP contribution in [0.15, 0.2) is 35.3 Å². The third-order valence-corrected chi connectivity index (χ3v) is 5.00. The van der Waals surface area contributed by atoms with Gasteiger partial charge in [0.05, 0.1) is 0 Å². The fraction of sp³-hybridized carbons (Fsp3) is 0.650. The Bertz CT molecular complexity index is 475. The monoisotopic (exact) mass is 461 g/mol. The molecule has 25 heavy (non-hydrogen) atoms. The average Bonchev–Trinajstić information content (AvgIpc) is 2.63. The van der Waals surface area contributed by atoms with Gasteiger partial charge in [0.2, 0.25) is 0 Å². The predicted octanol–water partition coefficient (Wildman–Crippen LogP) is 4.15. The molecule has 1 unspecified atom stereocenters. The Morgan fingerprint density at radius 1 is 1.12 bits per heavy atom. The number of benzene rings is 1. The van der Waals surface area contributed by atoms with E-state index in [4.69, 9.17) is 4.99 Å². The molecular formula is C20H36IN3O. The third kappa shape index (κ3) is 8.40. The summed E-state index contributed by atoms with van der Waals surface area (Å²) >= 11 is 0. The van der Waals surface area contributed by atoms with Crippen LogP contribution in [-0.4, -0.2) is 37.3 Å². The number of aliphatic hydroxyl groups is 1. The molecule has 0 amide bonds. The van der Waals surface area contributed by atoms with Crippen LogP contribution < -0.4 is 10.6 Å². The van der Waals surface area contributed by atoms with Gasteiger partial charge in [0.15, 0.2) is 5.96 Å². The fourth-order valence-electron chi connectivity index (χ4n) is 2.88. The lowest BCUT2D eigenvalue weighted by atomic mass is 9.79. The number of hydrogen-bond acceptors (Lipinski definition) is 2. The van der Waals surface area contributed by atoms with Crippen molar-refractivity contribution in [2.75, 3.05) is 26.2 Å². The van der Waals surface area contributed by atoms with Crippen LogP contribution in [0.1, 0.15) is 58.4 Å². The molecule has 0 fully saturated rings. The van der Waals surface area contributed by atoms with Crippen LogP contribution >= 0.6 is 24.0 Å². The highest BCUT2D eigenvalue weighted by atomic mass is 127. The van der Waals surface area contributed by atoms with Crippen LogP contribution in [0, 0.1) is 5.41 Å². The minimum atomic E-state index is 0. The van der Waals surface area contributed by atoms with Gasteiger partial charge in [0, 0.05) is 26.2 Å². The van der Waals surface area contributed by atoms with Crippen molar-refractivity contribution in [3.63, 3.8) is 0 Å². The Morgan fingerprint density at radius 3 is 2.28 bits per heavy atom. The largest absolute Gasteiger partial charge is 0.396 e. The molecular weight excluding hydrogens is 425 g/mol. The summed E-state index contributed by atoms with van der Waals surface area (Å²) in [6.45, 7) is 11.3. The second kappa shape index (κ2) is 13.4. The summed E-state index contributed by atoms with van der Waals surface area (Å²) in [5.41, 5.74) is 1.43. The quantitative estimate of drug-likeness (QED) is 0.279. The number of halogens is 1. The lowest BCUT2D eigenvalue weighted by molar-refractivity contribution is 0.175. The molecule has 1 aromatic carbocycles. The number of guanidine groups is 1. The van der Waals surface area contributed by atoms with Gasteiger partial charge in [-0.3, -0.25) is 4.99 Å². The highest BCUT2D eigenvalue weighted by molar-refractivity contribution is 14.0. The van der Waals surface area contributed by atoms with E-state index in [9.17, 15) is 5.11 Å². The normalized spacial score (nSPS) is 13.1. The van der Waals surface area contributed by atoms with Crippen molar-refractivity contribution >= 4 is 29.9 Å². The SMILES string of the molecule is CCNC(=NCC(CC)(CC)CCO)NCC(C)c1ccccc1.I. The zero-order valence-electron chi connectivity index (χ0n) is 16.2. The van der Waals surface area contributed by atoms with Crippen molar-refractivity contribution in [1.82, 2.24) is 10.6 Å². The van der Waals surface area contributed by atoms with Gasteiger partial charge in [-0.15, -0.1) is 24.0 Å². The Hall–Kier alpha value is -0.820. The van der Waals surface area contributed by atoms with E-state index in [2.05, 4.69) is 62.6 Å². The van der Waals surface area contributed by atoms with E-state index >= 15 is 0 Å². The first-order valence-electron chi connectivity index (χ1n) is 9.28. The molecule has 4 nitrogen and oxygen atoms in total. The second-order valence-electron chi connectivity index (χ2n) is 6.57. The van der Waals surface area contributed by atoms with Crippen LogP contribution in [0.5, 0.6) is 0 Å². The van der Waals surface area contributed by atoms with Gasteiger partial charge >= 0.3 is 0 Å². The molecule has 0 bridgehead atoms. The van der Waals surface area contributed by atoms with Gasteiger partial charge in [0.25, 0.3) is 0 Å². The van der Waals surface area contributed by atoms with Crippen LogP contribution in [-0.2, 0) is 0 Å². The molecule has 0 saturated heterocycles. The Kier molecular flexibility index (Phi) is 13.0. The van der Waals surface area contributed by atoms with Crippen LogP contribution in [0.2, 0.25) is 0 Å². The first-order chi connectivity index (χ1) is 11.6. The van der Waals surface area contributed by atoms with Crippen molar-refractivity contribution < 1.29 is 5.11 Å². The molecule has 0 aliphatic carbocycles. The van der Waals surface area contributed by atoms with E-state index in [1.807, 2.05) is 6.07 Å². The maximum atomic E-state index is 9.36. The summed E-state index contributed by atoms with van der Waals surface area (Å²) in [7, 11) is 0. The number of hydrogen-bond donors (Lipinski definition) is 3. The molecule has 0 radical (unpaired) electrons. The average molecular weight is 461 g/mol. The summed E-state index contributed by atoms with van der Waals surface area (Å²) < 4.78 is 0. The minimum absolute atomic E-state index is 0. The lowest BCUT2D eigenvalue weighted by Gasteiger charge is -2.29. The first-order valence-corrected chi connectivity index (χ1v) is 9.28. The number of rotatable bonds is 10. The summed E-state index contributed by atoms with van der Waals surface area (Å²) in [6, 6.07) is 10.5. The second-order valence-corrected chi connectivity index (χ2v) is 6.57. The molecule has 0 saturated carbocycles. The van der Waals surface area contributed by atoms with E-state index in [-0.39, 0.29) is 36.0 Å². The van der Waals surface area contributed by atoms with Gasteiger partial charge in [-0.05, 0) is 43.1 Å². The highest BCUT2D eigenvalue weighted by Crippen LogP contribution is 2.30. The number of aliphatic hydroxyl groups excluding tert-OH is 1. The highest BCUT2D eigenvalue weighted by Gasteiger charge is 2.25. The van der Waals surface area contributed by atoms with Gasteiger partial charge in [-0.2, -0.15) is 0 Å².